The van der Waals surface area contributed by atoms with Crippen molar-refractivity contribution in [3.05, 3.63) is 4.91 Å². The van der Waals surface area contributed by atoms with Crippen LogP contribution in [0.5, 0.6) is 0 Å². The zero-order chi connectivity index (χ0) is 15.3. The van der Waals surface area contributed by atoms with Crippen LogP contribution in [0.15, 0.2) is 5.18 Å². The van der Waals surface area contributed by atoms with Gasteiger partial charge in [0.05, 0.1) is 18.1 Å². The van der Waals surface area contributed by atoms with E-state index < -0.39 is 30.4 Å². The van der Waals surface area contributed by atoms with Crippen molar-refractivity contribution in [3.8, 4) is 0 Å². The first kappa shape index (κ1) is 17.0. The molecule has 0 aromatic heterocycles. The van der Waals surface area contributed by atoms with E-state index in [9.17, 15) is 14.8 Å². The first-order valence-electron chi connectivity index (χ1n) is 7.04. The third-order valence-corrected chi connectivity index (χ3v) is 3.87. The van der Waals surface area contributed by atoms with Crippen LogP contribution in [0, 0.1) is 10.8 Å². The zero-order valence-corrected chi connectivity index (χ0v) is 12.2. The van der Waals surface area contributed by atoms with Gasteiger partial charge in [-0.15, -0.1) is 0 Å². The summed E-state index contributed by atoms with van der Waals surface area (Å²) in [4.78, 5) is 22.4. The van der Waals surface area contributed by atoms with Gasteiger partial charge in [-0.25, -0.2) is 0 Å². The molecule has 0 aromatic carbocycles. The Morgan fingerprint density at radius 1 is 1.45 bits per heavy atom. The molecule has 0 aromatic rings. The maximum Gasteiger partial charge on any atom is 0.308 e. The zero-order valence-electron chi connectivity index (χ0n) is 12.2. The van der Waals surface area contributed by atoms with E-state index in [2.05, 4.69) is 5.18 Å². The van der Waals surface area contributed by atoms with Crippen LogP contribution in [0.3, 0.4) is 0 Å². The maximum atomic E-state index is 11.8. The molecule has 3 N–H and O–H groups in total. The monoisotopic (exact) mass is 288 g/mol. The van der Waals surface area contributed by atoms with E-state index in [4.69, 9.17) is 15.2 Å². The number of esters is 1. The van der Waals surface area contributed by atoms with Gasteiger partial charge < -0.3 is 20.3 Å². The Labute approximate surface area is 118 Å². The van der Waals surface area contributed by atoms with Gasteiger partial charge in [0.2, 0.25) is 0 Å². The lowest BCUT2D eigenvalue weighted by atomic mass is 9.93. The van der Waals surface area contributed by atoms with E-state index in [0.29, 0.717) is 12.8 Å². The minimum atomic E-state index is -1.09. The second-order valence-electron chi connectivity index (χ2n) is 5.19. The molecule has 5 atom stereocenters. The first-order chi connectivity index (χ1) is 9.46. The van der Waals surface area contributed by atoms with E-state index in [1.807, 2.05) is 13.8 Å². The first-order valence-corrected chi connectivity index (χ1v) is 7.04. The molecular weight excluding hydrogens is 264 g/mol. The highest BCUT2D eigenvalue weighted by Crippen LogP contribution is 2.22. The van der Waals surface area contributed by atoms with Gasteiger partial charge in [0.1, 0.15) is 24.9 Å². The normalized spacial score (nSPS) is 34.0. The van der Waals surface area contributed by atoms with Crippen LogP contribution < -0.4 is 5.73 Å². The fourth-order valence-corrected chi connectivity index (χ4v) is 2.37. The molecule has 0 aliphatic carbocycles. The second-order valence-corrected chi connectivity index (χ2v) is 5.19. The molecule has 0 saturated carbocycles. The van der Waals surface area contributed by atoms with Crippen LogP contribution >= 0.6 is 0 Å². The van der Waals surface area contributed by atoms with Crippen molar-refractivity contribution in [1.29, 1.82) is 0 Å². The molecule has 1 saturated heterocycles. The molecule has 5 unspecified atom stereocenters. The number of hydrogen-bond acceptors (Lipinski definition) is 7. The smallest absolute Gasteiger partial charge is 0.308 e. The van der Waals surface area contributed by atoms with Gasteiger partial charge in [0.15, 0.2) is 0 Å². The summed E-state index contributed by atoms with van der Waals surface area (Å²) in [5.41, 5.74) is 5.81. The predicted molar refractivity (Wildman–Crippen MR) is 72.9 cm³/mol. The second kappa shape index (κ2) is 7.66. The minimum absolute atomic E-state index is 0.0243. The van der Waals surface area contributed by atoms with Crippen molar-refractivity contribution in [2.75, 3.05) is 6.61 Å². The topological polar surface area (TPSA) is 111 Å². The summed E-state index contributed by atoms with van der Waals surface area (Å²) in [7, 11) is 0. The summed E-state index contributed by atoms with van der Waals surface area (Å²) in [6, 6.07) is -1.70. The van der Waals surface area contributed by atoms with Gasteiger partial charge in [-0.05, 0) is 19.8 Å². The lowest BCUT2D eigenvalue weighted by Gasteiger charge is -2.39. The average Bonchev–Trinajstić information content (AvgIpc) is 2.43. The van der Waals surface area contributed by atoms with Crippen molar-refractivity contribution in [2.24, 2.45) is 16.8 Å². The van der Waals surface area contributed by atoms with Crippen LogP contribution in [0.25, 0.3) is 0 Å². The van der Waals surface area contributed by atoms with Gasteiger partial charge in [-0.2, -0.15) is 4.91 Å². The largest absolute Gasteiger partial charge is 0.463 e. The van der Waals surface area contributed by atoms with Crippen molar-refractivity contribution in [2.45, 2.75) is 64.0 Å². The quantitative estimate of drug-likeness (QED) is 0.546. The Hall–Kier alpha value is -1.05. The highest BCUT2D eigenvalue weighted by atomic mass is 16.6. The molecule has 1 fully saturated rings. The molecule has 20 heavy (non-hydrogen) atoms. The van der Waals surface area contributed by atoms with E-state index in [-0.39, 0.29) is 18.5 Å². The summed E-state index contributed by atoms with van der Waals surface area (Å²) in [5.74, 6) is -0.426. The number of nitroso groups, excluding NO2 is 1. The molecule has 0 amide bonds. The molecule has 7 nitrogen and oxygen atoms in total. The number of carbonyl (C=O) groups is 1. The highest BCUT2D eigenvalue weighted by molar-refractivity contribution is 5.72. The van der Waals surface area contributed by atoms with Crippen LogP contribution in [0.4, 0.5) is 0 Å². The third kappa shape index (κ3) is 3.74. The molecule has 0 bridgehead atoms. The highest BCUT2D eigenvalue weighted by Gasteiger charge is 2.43. The van der Waals surface area contributed by atoms with E-state index in [0.717, 1.165) is 0 Å². The van der Waals surface area contributed by atoms with Crippen LogP contribution in [-0.2, 0) is 14.3 Å². The predicted octanol–water partition coefficient (Wildman–Crippen LogP) is 0.576. The fraction of sp³-hybridized carbons (Fsp3) is 0.923. The summed E-state index contributed by atoms with van der Waals surface area (Å²) in [6.07, 6.45) is -0.852. The Morgan fingerprint density at radius 2 is 2.05 bits per heavy atom. The van der Waals surface area contributed by atoms with Gasteiger partial charge in [-0.1, -0.05) is 19.0 Å². The van der Waals surface area contributed by atoms with E-state index in [1.165, 1.54) is 0 Å². The van der Waals surface area contributed by atoms with Crippen LogP contribution in [-0.4, -0.2) is 48.1 Å². The molecule has 7 heteroatoms. The number of aliphatic hydroxyl groups is 1. The minimum Gasteiger partial charge on any atom is -0.463 e. The molecule has 1 aliphatic rings. The number of ether oxygens (including phenoxy) is 2. The summed E-state index contributed by atoms with van der Waals surface area (Å²) in [5, 5.41) is 12.7. The van der Waals surface area contributed by atoms with Crippen molar-refractivity contribution >= 4 is 5.97 Å². The summed E-state index contributed by atoms with van der Waals surface area (Å²) in [6.45, 7) is 5.45. The lowest BCUT2D eigenvalue weighted by molar-refractivity contribution is -0.165. The summed E-state index contributed by atoms with van der Waals surface area (Å²) < 4.78 is 10.7. The molecule has 1 rings (SSSR count). The van der Waals surface area contributed by atoms with E-state index in [1.54, 1.807) is 6.92 Å². The van der Waals surface area contributed by atoms with Crippen molar-refractivity contribution in [3.63, 3.8) is 0 Å². The average molecular weight is 288 g/mol. The van der Waals surface area contributed by atoms with E-state index >= 15 is 0 Å². The molecule has 1 heterocycles. The number of carbonyl (C=O) groups excluding carboxylic acids is 1. The number of aliphatic hydroxyl groups excluding tert-OH is 1. The van der Waals surface area contributed by atoms with Gasteiger partial charge in [-0.3, -0.25) is 4.79 Å². The molecular formula is C13H24N2O5. The summed E-state index contributed by atoms with van der Waals surface area (Å²) >= 11 is 0. The molecule has 1 aliphatic heterocycles. The number of nitrogens with zero attached hydrogens (tertiary/aromatic N) is 1. The number of nitrogens with two attached hydrogens (primary N) is 1. The van der Waals surface area contributed by atoms with Gasteiger partial charge in [0.25, 0.3) is 0 Å². The van der Waals surface area contributed by atoms with Crippen molar-refractivity contribution in [1.82, 2.24) is 0 Å². The number of hydrogen-bond donors (Lipinski definition) is 2. The Bertz CT molecular complexity index is 335. The third-order valence-electron chi connectivity index (χ3n) is 3.87. The molecule has 0 radical (unpaired) electrons. The Balaban J connectivity index is 2.56. The number of rotatable bonds is 6. The fourth-order valence-electron chi connectivity index (χ4n) is 2.37. The maximum absolute atomic E-state index is 11.8. The van der Waals surface area contributed by atoms with Crippen LogP contribution in [0.1, 0.15) is 33.6 Å². The van der Waals surface area contributed by atoms with Gasteiger partial charge >= 0.3 is 5.97 Å². The van der Waals surface area contributed by atoms with Gasteiger partial charge in [0, 0.05) is 0 Å². The SMILES string of the molecule is CCC(CC)C(=O)OCC1OC(C)C(N=O)C(O)C1N. The van der Waals surface area contributed by atoms with Crippen LogP contribution in [0.2, 0.25) is 0 Å². The Morgan fingerprint density at radius 3 is 2.55 bits per heavy atom. The standard InChI is InChI=1S/C13H24N2O5/c1-4-8(5-2)13(17)19-6-9-10(14)12(16)11(15-18)7(3)20-9/h7-12,16H,4-6,14H2,1-3H3. The lowest BCUT2D eigenvalue weighted by Crippen LogP contribution is -2.61. The Kier molecular flexibility index (Phi) is 6.51. The molecule has 116 valence electrons. The van der Waals surface area contributed by atoms with Crippen molar-refractivity contribution < 1.29 is 19.4 Å². The molecule has 0 spiro atoms.